The molecule has 2 rings (SSSR count). The van der Waals surface area contributed by atoms with E-state index in [0.717, 1.165) is 13.1 Å². The van der Waals surface area contributed by atoms with Gasteiger partial charge in [0.25, 0.3) is 0 Å². The first-order chi connectivity index (χ1) is 5.79. The monoisotopic (exact) mass is 166 g/mol. The summed E-state index contributed by atoms with van der Waals surface area (Å²) in [6.07, 6.45) is 5.54. The highest BCUT2D eigenvalue weighted by Crippen LogP contribution is 2.11. The van der Waals surface area contributed by atoms with E-state index < -0.39 is 0 Å². The largest absolute Gasteiger partial charge is 0.357 e. The van der Waals surface area contributed by atoms with Crippen molar-refractivity contribution < 1.29 is 4.57 Å². The van der Waals surface area contributed by atoms with Crippen molar-refractivity contribution in [1.82, 2.24) is 4.57 Å². The predicted molar refractivity (Wildman–Crippen MR) is 48.1 cm³/mol. The Kier molecular flexibility index (Phi) is 1.79. The molecule has 66 valence electrons. The lowest BCUT2D eigenvalue weighted by molar-refractivity contribution is -0.702. The van der Waals surface area contributed by atoms with Gasteiger partial charge in [0.05, 0.1) is 31.5 Å². The van der Waals surface area contributed by atoms with Crippen molar-refractivity contribution in [1.29, 1.82) is 0 Å². The van der Waals surface area contributed by atoms with Crippen molar-refractivity contribution >= 4 is 5.95 Å². The molecule has 0 amide bonds. The molecule has 0 radical (unpaired) electrons. The van der Waals surface area contributed by atoms with Crippen molar-refractivity contribution in [2.24, 2.45) is 0 Å². The molecule has 0 aromatic carbocycles. The number of imidazole rings is 1. The van der Waals surface area contributed by atoms with E-state index in [9.17, 15) is 0 Å². The lowest BCUT2D eigenvalue weighted by atomic mass is 10.3. The normalized spacial score (nSPS) is 15.9. The van der Waals surface area contributed by atoms with Crippen molar-refractivity contribution in [2.45, 2.75) is 32.9 Å². The van der Waals surface area contributed by atoms with Gasteiger partial charge in [0.2, 0.25) is 0 Å². The summed E-state index contributed by atoms with van der Waals surface area (Å²) in [5, 5.41) is 3.42. The molecule has 1 aliphatic rings. The van der Waals surface area contributed by atoms with E-state index >= 15 is 0 Å². The van der Waals surface area contributed by atoms with Crippen LogP contribution in [-0.4, -0.2) is 11.1 Å². The molecular weight excluding hydrogens is 150 g/mol. The van der Waals surface area contributed by atoms with Crippen LogP contribution in [0.5, 0.6) is 0 Å². The Balaban J connectivity index is 2.38. The summed E-state index contributed by atoms with van der Waals surface area (Å²) < 4.78 is 4.56. The third-order valence-corrected chi connectivity index (χ3v) is 2.34. The standard InChI is InChI=1S/C9H15N3/c1-8(2)12-7-6-11-5-3-4-10-9(11)12/h6-8H,3-5H2,1-2H3/p+1. The molecule has 1 aliphatic heterocycles. The number of hydrogen-bond donors (Lipinski definition) is 1. The average Bonchev–Trinajstić information content (AvgIpc) is 2.47. The molecule has 2 heterocycles. The minimum Gasteiger partial charge on any atom is -0.277 e. The van der Waals surface area contributed by atoms with E-state index in [1.165, 1.54) is 12.4 Å². The predicted octanol–water partition coefficient (Wildman–Crippen LogP) is 1.17. The van der Waals surface area contributed by atoms with E-state index in [-0.39, 0.29) is 0 Å². The molecule has 0 spiro atoms. The molecule has 0 aliphatic carbocycles. The molecule has 1 N–H and O–H groups in total. The van der Waals surface area contributed by atoms with E-state index in [1.54, 1.807) is 0 Å². The Morgan fingerprint density at radius 1 is 1.58 bits per heavy atom. The van der Waals surface area contributed by atoms with Crippen LogP contribution in [0.1, 0.15) is 26.3 Å². The van der Waals surface area contributed by atoms with E-state index in [4.69, 9.17) is 0 Å². The molecule has 0 saturated carbocycles. The Bertz CT molecular complexity index is 275. The molecular formula is C9H16N3+. The second kappa shape index (κ2) is 2.81. The number of nitrogens with one attached hydrogen (secondary N) is 1. The minimum atomic E-state index is 0.548. The molecule has 1 aromatic rings. The van der Waals surface area contributed by atoms with Gasteiger partial charge in [-0.05, 0) is 13.8 Å². The molecule has 0 bridgehead atoms. The number of anilines is 1. The molecule has 0 fully saturated rings. The molecule has 12 heavy (non-hydrogen) atoms. The lowest BCUT2D eigenvalue weighted by Crippen LogP contribution is -2.39. The Labute approximate surface area is 73.0 Å². The molecule has 0 saturated heterocycles. The highest BCUT2D eigenvalue weighted by Gasteiger charge is 2.20. The van der Waals surface area contributed by atoms with Crippen LogP contribution < -0.4 is 9.88 Å². The van der Waals surface area contributed by atoms with Crippen LogP contribution in [0.3, 0.4) is 0 Å². The zero-order valence-electron chi connectivity index (χ0n) is 7.75. The summed E-state index contributed by atoms with van der Waals surface area (Å²) in [5.74, 6) is 1.26. The van der Waals surface area contributed by atoms with Gasteiger partial charge in [0.15, 0.2) is 0 Å². The van der Waals surface area contributed by atoms with Crippen LogP contribution in [-0.2, 0) is 6.54 Å². The van der Waals surface area contributed by atoms with Gasteiger partial charge in [-0.3, -0.25) is 5.32 Å². The number of aryl methyl sites for hydroxylation is 1. The fraction of sp³-hybridized carbons (Fsp3) is 0.667. The van der Waals surface area contributed by atoms with Crippen molar-refractivity contribution in [3.05, 3.63) is 12.4 Å². The third-order valence-electron chi connectivity index (χ3n) is 2.34. The first kappa shape index (κ1) is 7.65. The van der Waals surface area contributed by atoms with Crippen LogP contribution in [0.25, 0.3) is 0 Å². The van der Waals surface area contributed by atoms with E-state index in [1.807, 2.05) is 0 Å². The SMILES string of the molecule is CC(C)[n+]1ccn2c1NCCC2. The van der Waals surface area contributed by atoms with Gasteiger partial charge >= 0.3 is 5.95 Å². The van der Waals surface area contributed by atoms with Gasteiger partial charge in [0.1, 0.15) is 0 Å². The maximum Gasteiger partial charge on any atom is 0.357 e. The molecule has 0 atom stereocenters. The third kappa shape index (κ3) is 1.09. The zero-order valence-corrected chi connectivity index (χ0v) is 7.75. The van der Waals surface area contributed by atoms with Crippen molar-refractivity contribution in [2.75, 3.05) is 11.9 Å². The van der Waals surface area contributed by atoms with Gasteiger partial charge in [-0.2, -0.15) is 0 Å². The second-order valence-corrected chi connectivity index (χ2v) is 3.60. The summed E-state index contributed by atoms with van der Waals surface area (Å²) in [6, 6.07) is 0.548. The zero-order chi connectivity index (χ0) is 8.55. The quantitative estimate of drug-likeness (QED) is 0.621. The molecule has 3 nitrogen and oxygen atoms in total. The van der Waals surface area contributed by atoms with Crippen LogP contribution in [0.15, 0.2) is 12.4 Å². The van der Waals surface area contributed by atoms with Crippen LogP contribution >= 0.6 is 0 Å². The number of hydrogen-bond acceptors (Lipinski definition) is 1. The Hall–Kier alpha value is -0.990. The molecule has 1 aromatic heterocycles. The van der Waals surface area contributed by atoms with Gasteiger partial charge in [-0.1, -0.05) is 0 Å². The van der Waals surface area contributed by atoms with Gasteiger partial charge in [-0.25, -0.2) is 9.13 Å². The summed E-state index contributed by atoms with van der Waals surface area (Å²) in [7, 11) is 0. The fourth-order valence-electron chi connectivity index (χ4n) is 1.68. The van der Waals surface area contributed by atoms with Crippen molar-refractivity contribution in [3.8, 4) is 0 Å². The fourth-order valence-corrected chi connectivity index (χ4v) is 1.68. The second-order valence-electron chi connectivity index (χ2n) is 3.60. The average molecular weight is 166 g/mol. The number of fused-ring (bicyclic) bond motifs is 1. The molecule has 3 heteroatoms. The first-order valence-electron chi connectivity index (χ1n) is 4.63. The molecule has 0 unspecified atom stereocenters. The van der Waals surface area contributed by atoms with Gasteiger partial charge in [-0.15, -0.1) is 0 Å². The van der Waals surface area contributed by atoms with Crippen LogP contribution in [0, 0.1) is 0 Å². The maximum absolute atomic E-state index is 3.42. The summed E-state index contributed by atoms with van der Waals surface area (Å²) in [5.41, 5.74) is 0. The Morgan fingerprint density at radius 2 is 2.42 bits per heavy atom. The van der Waals surface area contributed by atoms with E-state index in [2.05, 4.69) is 40.7 Å². The van der Waals surface area contributed by atoms with Gasteiger partial charge in [0, 0.05) is 6.42 Å². The highest BCUT2D eigenvalue weighted by molar-refractivity contribution is 5.20. The number of aromatic nitrogens is 2. The summed E-state index contributed by atoms with van der Waals surface area (Å²) >= 11 is 0. The number of rotatable bonds is 1. The summed E-state index contributed by atoms with van der Waals surface area (Å²) in [4.78, 5) is 0. The van der Waals surface area contributed by atoms with Crippen LogP contribution in [0.4, 0.5) is 5.95 Å². The van der Waals surface area contributed by atoms with Crippen LogP contribution in [0.2, 0.25) is 0 Å². The maximum atomic E-state index is 3.42. The van der Waals surface area contributed by atoms with Gasteiger partial charge < -0.3 is 0 Å². The smallest absolute Gasteiger partial charge is 0.277 e. The van der Waals surface area contributed by atoms with E-state index in [0.29, 0.717) is 6.04 Å². The highest BCUT2D eigenvalue weighted by atomic mass is 15.3. The Morgan fingerprint density at radius 3 is 3.17 bits per heavy atom. The first-order valence-corrected chi connectivity index (χ1v) is 4.63. The lowest BCUT2D eigenvalue weighted by Gasteiger charge is -2.12. The van der Waals surface area contributed by atoms with Crippen molar-refractivity contribution in [3.63, 3.8) is 0 Å². The minimum absolute atomic E-state index is 0.548. The number of nitrogens with zero attached hydrogens (tertiary/aromatic N) is 2. The topological polar surface area (TPSA) is 20.8 Å². The summed E-state index contributed by atoms with van der Waals surface area (Å²) in [6.45, 7) is 6.67.